The lowest BCUT2D eigenvalue weighted by atomic mass is 9.75. The van der Waals surface area contributed by atoms with E-state index in [9.17, 15) is 10.1 Å². The summed E-state index contributed by atoms with van der Waals surface area (Å²) in [5, 5.41) is 17.7. The molecule has 1 aliphatic carbocycles. The number of methoxy groups -OCH3 is 1. The van der Waals surface area contributed by atoms with Crippen LogP contribution in [-0.2, 0) is 0 Å². The van der Waals surface area contributed by atoms with Gasteiger partial charge in [0.1, 0.15) is 5.75 Å². The van der Waals surface area contributed by atoms with Gasteiger partial charge >= 0.3 is 0 Å². The number of nitrogens with zero attached hydrogens (tertiary/aromatic N) is 1. The van der Waals surface area contributed by atoms with Gasteiger partial charge in [0, 0.05) is 12.0 Å². The number of rotatable bonds is 3. The highest BCUT2D eigenvalue weighted by molar-refractivity contribution is 5.87. The molecule has 1 N–H and O–H groups in total. The molecule has 140 valence electrons. The lowest BCUT2D eigenvalue weighted by Crippen LogP contribution is -2.30. The average Bonchev–Trinajstić information content (AvgIpc) is 3.22. The third-order valence-corrected chi connectivity index (χ3v) is 6.03. The van der Waals surface area contributed by atoms with E-state index in [0.29, 0.717) is 5.75 Å². The maximum Gasteiger partial charge on any atom is 0.275 e. The summed E-state index contributed by atoms with van der Waals surface area (Å²) in [5.41, 5.74) is 2.85. The third kappa shape index (κ3) is 2.39. The Balaban J connectivity index is 1.73. The Morgan fingerprint density at radius 2 is 1.93 bits per heavy atom. The molecule has 28 heavy (non-hydrogen) atoms. The minimum Gasteiger partial charge on any atom is -0.495 e. The number of hydrogen-bond donors (Lipinski definition) is 1. The zero-order valence-corrected chi connectivity index (χ0v) is 15.5. The van der Waals surface area contributed by atoms with Crippen LogP contribution in [0.3, 0.4) is 0 Å². The Kier molecular flexibility index (Phi) is 3.83. The van der Waals surface area contributed by atoms with Crippen LogP contribution < -0.4 is 10.1 Å². The third-order valence-electron chi connectivity index (χ3n) is 6.03. The van der Waals surface area contributed by atoms with Gasteiger partial charge in [-0.25, -0.2) is 0 Å². The van der Waals surface area contributed by atoms with Gasteiger partial charge in [0.05, 0.1) is 29.3 Å². The standard InChI is InChI=1S/C23H20N2O3/c1-28-20-13-12-19(25(26)27)21-16-9-5-11-18(16)22(24-23(20)21)17-10-4-7-14-6-2-3-8-15(14)17/h2-10,12-13,16,18,22,24H,11H2,1H3/t16-,18-,22-/m1/s1. The fourth-order valence-electron chi connectivity index (χ4n) is 4.82. The van der Waals surface area contributed by atoms with Gasteiger partial charge < -0.3 is 10.1 Å². The molecule has 1 aliphatic heterocycles. The maximum absolute atomic E-state index is 11.7. The number of benzene rings is 3. The number of nitro benzene ring substituents is 1. The van der Waals surface area contributed by atoms with Crippen LogP contribution in [0.1, 0.15) is 29.5 Å². The van der Waals surface area contributed by atoms with Gasteiger partial charge in [-0.15, -0.1) is 0 Å². The van der Waals surface area contributed by atoms with E-state index < -0.39 is 0 Å². The first-order valence-corrected chi connectivity index (χ1v) is 9.45. The van der Waals surface area contributed by atoms with Crippen molar-refractivity contribution < 1.29 is 9.66 Å². The molecule has 3 atom stereocenters. The van der Waals surface area contributed by atoms with E-state index >= 15 is 0 Å². The van der Waals surface area contributed by atoms with Gasteiger partial charge in [-0.3, -0.25) is 10.1 Å². The summed E-state index contributed by atoms with van der Waals surface area (Å²) < 4.78 is 5.56. The molecule has 3 aromatic rings. The van der Waals surface area contributed by atoms with Crippen LogP contribution in [0.2, 0.25) is 0 Å². The first-order chi connectivity index (χ1) is 13.7. The summed E-state index contributed by atoms with van der Waals surface area (Å²) in [6.07, 6.45) is 5.15. The number of allylic oxidation sites excluding steroid dienone is 2. The van der Waals surface area contributed by atoms with Crippen LogP contribution in [0, 0.1) is 16.0 Å². The number of anilines is 1. The van der Waals surface area contributed by atoms with E-state index in [1.807, 2.05) is 6.07 Å². The summed E-state index contributed by atoms with van der Waals surface area (Å²) in [6, 6.07) is 18.0. The van der Waals surface area contributed by atoms with E-state index in [-0.39, 0.29) is 28.5 Å². The van der Waals surface area contributed by atoms with Crippen LogP contribution in [0.25, 0.3) is 10.8 Å². The Labute approximate surface area is 162 Å². The van der Waals surface area contributed by atoms with Crippen molar-refractivity contribution >= 4 is 22.1 Å². The number of fused-ring (bicyclic) bond motifs is 4. The lowest BCUT2D eigenvalue weighted by Gasteiger charge is -2.38. The van der Waals surface area contributed by atoms with Crippen molar-refractivity contribution in [2.75, 3.05) is 12.4 Å². The minimum absolute atomic E-state index is 0.00396. The first kappa shape index (κ1) is 16.8. The topological polar surface area (TPSA) is 64.4 Å². The average molecular weight is 372 g/mol. The molecule has 0 unspecified atom stereocenters. The summed E-state index contributed by atoms with van der Waals surface area (Å²) in [7, 11) is 1.60. The number of nitrogens with one attached hydrogen (secondary N) is 1. The lowest BCUT2D eigenvalue weighted by molar-refractivity contribution is -0.385. The predicted octanol–water partition coefficient (Wildman–Crippen LogP) is 5.58. The van der Waals surface area contributed by atoms with Gasteiger partial charge in [0.25, 0.3) is 5.69 Å². The smallest absolute Gasteiger partial charge is 0.275 e. The Hall–Kier alpha value is -3.34. The second-order valence-electron chi connectivity index (χ2n) is 7.38. The van der Waals surface area contributed by atoms with Crippen LogP contribution in [0.5, 0.6) is 5.75 Å². The second-order valence-corrected chi connectivity index (χ2v) is 7.38. The predicted molar refractivity (Wildman–Crippen MR) is 110 cm³/mol. The van der Waals surface area contributed by atoms with Crippen molar-refractivity contribution in [3.8, 4) is 5.75 Å². The molecular weight excluding hydrogens is 352 g/mol. The Morgan fingerprint density at radius 3 is 2.75 bits per heavy atom. The molecule has 0 aromatic heterocycles. The highest BCUT2D eigenvalue weighted by Gasteiger charge is 2.43. The highest BCUT2D eigenvalue weighted by Crippen LogP contribution is 2.55. The second kappa shape index (κ2) is 6.37. The monoisotopic (exact) mass is 372 g/mol. The van der Waals surface area contributed by atoms with Crippen molar-refractivity contribution in [3.05, 3.63) is 88.0 Å². The minimum atomic E-state index is -0.290. The fourth-order valence-corrected chi connectivity index (χ4v) is 4.82. The molecule has 0 bridgehead atoms. The number of ether oxygens (including phenoxy) is 1. The zero-order valence-electron chi connectivity index (χ0n) is 15.5. The zero-order chi connectivity index (χ0) is 19.3. The molecule has 0 saturated heterocycles. The van der Waals surface area contributed by atoms with Crippen LogP contribution in [0.15, 0.2) is 66.7 Å². The van der Waals surface area contributed by atoms with Crippen LogP contribution >= 0.6 is 0 Å². The van der Waals surface area contributed by atoms with E-state index in [0.717, 1.165) is 17.7 Å². The van der Waals surface area contributed by atoms with Gasteiger partial charge in [-0.05, 0) is 34.7 Å². The summed E-state index contributed by atoms with van der Waals surface area (Å²) in [6.45, 7) is 0. The maximum atomic E-state index is 11.7. The molecule has 1 heterocycles. The van der Waals surface area contributed by atoms with Crippen molar-refractivity contribution in [2.24, 2.45) is 5.92 Å². The largest absolute Gasteiger partial charge is 0.495 e. The fraction of sp³-hybridized carbons (Fsp3) is 0.217. The highest BCUT2D eigenvalue weighted by atomic mass is 16.6. The molecule has 5 rings (SSSR count). The van der Waals surface area contributed by atoms with E-state index in [2.05, 4.69) is 53.9 Å². The van der Waals surface area contributed by atoms with E-state index in [4.69, 9.17) is 4.74 Å². The first-order valence-electron chi connectivity index (χ1n) is 9.45. The summed E-state index contributed by atoms with van der Waals surface area (Å²) >= 11 is 0. The van der Waals surface area contributed by atoms with Crippen molar-refractivity contribution in [3.63, 3.8) is 0 Å². The molecule has 5 nitrogen and oxygen atoms in total. The van der Waals surface area contributed by atoms with Crippen molar-refractivity contribution in [2.45, 2.75) is 18.4 Å². The van der Waals surface area contributed by atoms with Gasteiger partial charge in [-0.2, -0.15) is 0 Å². The normalized spacial score (nSPS) is 22.4. The quantitative estimate of drug-likeness (QED) is 0.370. The molecule has 0 amide bonds. The molecule has 5 heteroatoms. The van der Waals surface area contributed by atoms with Crippen LogP contribution in [-0.4, -0.2) is 12.0 Å². The molecular formula is C23H20N2O3. The SMILES string of the molecule is COc1ccc([N+](=O)[O-])c2c1N[C@H](c1cccc3ccccc13)[C@@H]1CC=C[C@@H]21. The van der Waals surface area contributed by atoms with E-state index in [1.54, 1.807) is 19.2 Å². The molecule has 2 aliphatic rings. The molecule has 3 aromatic carbocycles. The Bertz CT molecular complexity index is 1120. The summed E-state index contributed by atoms with van der Waals surface area (Å²) in [4.78, 5) is 11.4. The molecule has 0 saturated carbocycles. The molecule has 0 spiro atoms. The van der Waals surface area contributed by atoms with Gasteiger partial charge in [0.15, 0.2) is 0 Å². The number of nitro groups is 1. The van der Waals surface area contributed by atoms with Crippen molar-refractivity contribution in [1.82, 2.24) is 0 Å². The molecule has 0 fully saturated rings. The van der Waals surface area contributed by atoms with Gasteiger partial charge in [-0.1, -0.05) is 54.6 Å². The van der Waals surface area contributed by atoms with Gasteiger partial charge in [0.2, 0.25) is 0 Å². The molecule has 0 radical (unpaired) electrons. The summed E-state index contributed by atoms with van der Waals surface area (Å²) in [5.74, 6) is 0.865. The number of hydrogen-bond acceptors (Lipinski definition) is 4. The Morgan fingerprint density at radius 1 is 1.11 bits per heavy atom. The van der Waals surface area contributed by atoms with Crippen LogP contribution in [0.4, 0.5) is 11.4 Å². The van der Waals surface area contributed by atoms with Crippen molar-refractivity contribution in [1.29, 1.82) is 0 Å². The van der Waals surface area contributed by atoms with E-state index in [1.165, 1.54) is 16.3 Å².